The van der Waals surface area contributed by atoms with E-state index < -0.39 is 20.9 Å². The van der Waals surface area contributed by atoms with Crippen molar-refractivity contribution in [3.05, 3.63) is 62.6 Å². The zero-order valence-electron chi connectivity index (χ0n) is 22.0. The van der Waals surface area contributed by atoms with E-state index in [1.807, 2.05) is 33.8 Å². The molecule has 2 aromatic carbocycles. The number of hydrogen-bond acceptors (Lipinski definition) is 6. The lowest BCUT2D eigenvalue weighted by Crippen LogP contribution is -2.54. The van der Waals surface area contributed by atoms with E-state index >= 15 is 0 Å². The third-order valence-electron chi connectivity index (χ3n) is 8.27. The first-order chi connectivity index (χ1) is 17.3. The van der Waals surface area contributed by atoms with Crippen molar-refractivity contribution in [3.8, 4) is 0 Å². The molecular weight excluding hydrogens is 533 g/mol. The summed E-state index contributed by atoms with van der Waals surface area (Å²) in [6.07, 6.45) is 2.60. The van der Waals surface area contributed by atoms with Crippen LogP contribution in [0.5, 0.6) is 0 Å². The SMILES string of the molecule is COC(=O)C1(C)CCCC2(C)c3cc(Cl)c(C(C)C)c(Cl)c3C(=NOS(=O)(=O)c3ccc(C)cc3)CC12. The van der Waals surface area contributed by atoms with Gasteiger partial charge < -0.3 is 4.74 Å². The Kier molecular flexibility index (Phi) is 7.47. The first kappa shape index (κ1) is 27.9. The van der Waals surface area contributed by atoms with Gasteiger partial charge in [-0.25, -0.2) is 0 Å². The number of hydrogen-bond donors (Lipinski definition) is 0. The van der Waals surface area contributed by atoms with Crippen LogP contribution in [0.15, 0.2) is 40.4 Å². The van der Waals surface area contributed by atoms with Gasteiger partial charge in [-0.15, -0.1) is 0 Å². The molecule has 0 amide bonds. The Bertz CT molecular complexity index is 1370. The van der Waals surface area contributed by atoms with Crippen LogP contribution in [0.2, 0.25) is 10.0 Å². The molecule has 0 aromatic heterocycles. The average Bonchev–Trinajstić information content (AvgIpc) is 2.83. The molecule has 9 heteroatoms. The van der Waals surface area contributed by atoms with Crippen molar-refractivity contribution < 1.29 is 22.2 Å². The summed E-state index contributed by atoms with van der Waals surface area (Å²) in [5, 5.41) is 5.19. The van der Waals surface area contributed by atoms with Gasteiger partial charge in [0.05, 0.1) is 23.3 Å². The van der Waals surface area contributed by atoms with Crippen LogP contribution in [0.25, 0.3) is 0 Å². The zero-order chi connectivity index (χ0) is 27.3. The van der Waals surface area contributed by atoms with Gasteiger partial charge in [0.15, 0.2) is 0 Å². The highest BCUT2D eigenvalue weighted by atomic mass is 35.5. The number of ether oxygens (including phenoxy) is 1. The minimum atomic E-state index is -4.17. The molecule has 37 heavy (non-hydrogen) atoms. The molecule has 200 valence electrons. The fraction of sp³-hybridized carbons (Fsp3) is 0.500. The molecule has 0 aliphatic heterocycles. The van der Waals surface area contributed by atoms with Gasteiger partial charge >= 0.3 is 16.1 Å². The van der Waals surface area contributed by atoms with Crippen LogP contribution in [0.3, 0.4) is 0 Å². The fourth-order valence-electron chi connectivity index (χ4n) is 6.24. The van der Waals surface area contributed by atoms with Gasteiger partial charge in [0.25, 0.3) is 0 Å². The summed E-state index contributed by atoms with van der Waals surface area (Å²) in [5.74, 6) is -0.494. The normalized spacial score (nSPS) is 26.5. The summed E-state index contributed by atoms with van der Waals surface area (Å²) >= 11 is 13.8. The molecule has 2 aliphatic carbocycles. The second-order valence-corrected chi connectivity index (χ2v) is 13.3. The van der Waals surface area contributed by atoms with Crippen LogP contribution in [0.4, 0.5) is 0 Å². The first-order valence-corrected chi connectivity index (χ1v) is 14.6. The quantitative estimate of drug-likeness (QED) is 0.283. The summed E-state index contributed by atoms with van der Waals surface area (Å²) in [6, 6.07) is 8.27. The third-order valence-corrected chi connectivity index (χ3v) is 10.1. The van der Waals surface area contributed by atoms with Crippen molar-refractivity contribution in [2.75, 3.05) is 7.11 Å². The Labute approximate surface area is 229 Å². The van der Waals surface area contributed by atoms with Crippen LogP contribution in [0.1, 0.15) is 81.5 Å². The number of carbonyl (C=O) groups excluding carboxylic acids is 1. The molecular formula is C28H33Cl2NO5S. The number of halogens is 2. The maximum absolute atomic E-state index is 13.1. The molecule has 2 aliphatic rings. The third kappa shape index (κ3) is 4.68. The van der Waals surface area contributed by atoms with Crippen molar-refractivity contribution >= 4 is 45.0 Å². The maximum Gasteiger partial charge on any atom is 0.358 e. The van der Waals surface area contributed by atoms with Crippen molar-refractivity contribution in [2.45, 2.75) is 76.5 Å². The van der Waals surface area contributed by atoms with Crippen molar-refractivity contribution in [2.24, 2.45) is 16.5 Å². The monoisotopic (exact) mass is 565 g/mol. The molecule has 3 unspecified atom stereocenters. The predicted octanol–water partition coefficient (Wildman–Crippen LogP) is 7.18. The highest BCUT2D eigenvalue weighted by Gasteiger charge is 2.57. The molecule has 1 saturated carbocycles. The maximum atomic E-state index is 13.1. The Hall–Kier alpha value is -2.09. The Morgan fingerprint density at radius 3 is 2.38 bits per heavy atom. The number of oxime groups is 1. The highest BCUT2D eigenvalue weighted by molar-refractivity contribution is 7.86. The number of carbonyl (C=O) groups is 1. The summed E-state index contributed by atoms with van der Waals surface area (Å²) in [7, 11) is -2.77. The van der Waals surface area contributed by atoms with E-state index in [0.717, 1.165) is 29.5 Å². The van der Waals surface area contributed by atoms with Gasteiger partial charge in [0, 0.05) is 10.6 Å². The van der Waals surface area contributed by atoms with Crippen molar-refractivity contribution in [1.29, 1.82) is 0 Å². The van der Waals surface area contributed by atoms with E-state index in [4.69, 9.17) is 32.2 Å². The molecule has 0 heterocycles. The molecule has 4 rings (SSSR count). The highest BCUT2D eigenvalue weighted by Crippen LogP contribution is 2.59. The molecule has 2 aromatic rings. The molecule has 0 bridgehead atoms. The van der Waals surface area contributed by atoms with E-state index in [1.54, 1.807) is 12.1 Å². The van der Waals surface area contributed by atoms with Gasteiger partial charge in [-0.1, -0.05) is 73.2 Å². The average molecular weight is 567 g/mol. The van der Waals surface area contributed by atoms with Gasteiger partial charge in [-0.05, 0) is 79.7 Å². The minimum absolute atomic E-state index is 0.00505. The second-order valence-electron chi connectivity index (χ2n) is 11.0. The molecule has 0 saturated heterocycles. The number of rotatable bonds is 5. The van der Waals surface area contributed by atoms with Gasteiger partial charge in [0.2, 0.25) is 0 Å². The molecule has 1 fully saturated rings. The molecule has 3 atom stereocenters. The Balaban J connectivity index is 1.92. The lowest BCUT2D eigenvalue weighted by molar-refractivity contribution is -0.160. The molecule has 6 nitrogen and oxygen atoms in total. The van der Waals surface area contributed by atoms with Crippen LogP contribution in [0, 0.1) is 18.3 Å². The lowest BCUT2D eigenvalue weighted by atomic mass is 9.49. The van der Waals surface area contributed by atoms with E-state index in [1.165, 1.54) is 19.2 Å². The van der Waals surface area contributed by atoms with E-state index in [9.17, 15) is 13.2 Å². The number of esters is 1. The summed E-state index contributed by atoms with van der Waals surface area (Å²) in [5.41, 5.74) is 2.32. The number of benzene rings is 2. The van der Waals surface area contributed by atoms with Gasteiger partial charge in [0.1, 0.15) is 4.90 Å². The summed E-state index contributed by atoms with van der Waals surface area (Å²) < 4.78 is 36.5. The Morgan fingerprint density at radius 2 is 1.78 bits per heavy atom. The van der Waals surface area contributed by atoms with Gasteiger partial charge in [-0.2, -0.15) is 8.42 Å². The number of nitrogens with zero attached hydrogens (tertiary/aromatic N) is 1. The number of fused-ring (bicyclic) bond motifs is 3. The first-order valence-electron chi connectivity index (χ1n) is 12.4. The van der Waals surface area contributed by atoms with Crippen molar-refractivity contribution in [3.63, 3.8) is 0 Å². The van der Waals surface area contributed by atoms with Crippen LogP contribution < -0.4 is 0 Å². The zero-order valence-corrected chi connectivity index (χ0v) is 24.4. The van der Waals surface area contributed by atoms with Gasteiger partial charge in [-0.3, -0.25) is 9.08 Å². The van der Waals surface area contributed by atoms with E-state index in [-0.39, 0.29) is 22.7 Å². The number of aryl methyl sites for hydroxylation is 1. The lowest BCUT2D eigenvalue weighted by Gasteiger charge is -2.54. The summed E-state index contributed by atoms with van der Waals surface area (Å²) in [4.78, 5) is 13.1. The van der Waals surface area contributed by atoms with Crippen LogP contribution in [-0.4, -0.2) is 27.2 Å². The van der Waals surface area contributed by atoms with E-state index in [2.05, 4.69) is 12.1 Å². The van der Waals surface area contributed by atoms with E-state index in [0.29, 0.717) is 34.2 Å². The van der Waals surface area contributed by atoms with Crippen LogP contribution >= 0.6 is 23.2 Å². The second kappa shape index (κ2) is 9.90. The Morgan fingerprint density at radius 1 is 1.14 bits per heavy atom. The molecule has 0 radical (unpaired) electrons. The largest absolute Gasteiger partial charge is 0.469 e. The summed E-state index contributed by atoms with van der Waals surface area (Å²) in [6.45, 7) is 9.90. The minimum Gasteiger partial charge on any atom is -0.469 e. The van der Waals surface area contributed by atoms with Crippen LogP contribution in [-0.2, 0) is 29.3 Å². The standard InChI is InChI=1S/C28H33Cl2NO5S/c1-16(2)23-20(29)14-19-24(25(23)30)21(31-36-37(33,34)18-10-8-17(3)9-11-18)15-22-27(19,4)12-7-13-28(22,5)26(32)35-6/h8-11,14,16,22H,7,12-13,15H2,1-6H3. The molecule has 0 N–H and O–H groups in total. The van der Waals surface area contributed by atoms with Crippen molar-refractivity contribution in [1.82, 2.24) is 0 Å². The fourth-order valence-corrected chi connectivity index (χ4v) is 7.99. The predicted molar refractivity (Wildman–Crippen MR) is 146 cm³/mol. The smallest absolute Gasteiger partial charge is 0.358 e. The topological polar surface area (TPSA) is 82.0 Å². The number of methoxy groups -OCH3 is 1. The molecule has 0 spiro atoms.